The molecule has 0 amide bonds. The average Bonchev–Trinajstić information content (AvgIpc) is 2.59. The highest BCUT2D eigenvalue weighted by atomic mass is 32.2. The molecule has 2 aromatic rings. The standard InChI is InChI=1S/C17H16F3NO4S/c1-2-21-26(23,24)15-8-6-13(7-9-15)16(22)25-11-12-4-3-5-14(10-12)17(18,19)20/h3-10,21H,2,11H2,1H3. The molecular weight excluding hydrogens is 371 g/mol. The van der Waals surface area contributed by atoms with Crippen LogP contribution in [0.5, 0.6) is 0 Å². The van der Waals surface area contributed by atoms with Crippen molar-refractivity contribution >= 4 is 16.0 Å². The number of esters is 1. The smallest absolute Gasteiger partial charge is 0.416 e. The largest absolute Gasteiger partial charge is 0.457 e. The Kier molecular flexibility index (Phi) is 6.04. The SMILES string of the molecule is CCNS(=O)(=O)c1ccc(C(=O)OCc2cccc(C(F)(F)F)c2)cc1. The van der Waals surface area contributed by atoms with Crippen LogP contribution in [0.4, 0.5) is 13.2 Å². The number of sulfonamides is 1. The van der Waals surface area contributed by atoms with Gasteiger partial charge in [0.15, 0.2) is 0 Å². The summed E-state index contributed by atoms with van der Waals surface area (Å²) >= 11 is 0. The van der Waals surface area contributed by atoms with Crippen LogP contribution in [0.25, 0.3) is 0 Å². The minimum absolute atomic E-state index is 0.00576. The van der Waals surface area contributed by atoms with Gasteiger partial charge in [-0.3, -0.25) is 0 Å². The third kappa shape index (κ3) is 5.06. The third-order valence-electron chi connectivity index (χ3n) is 3.36. The van der Waals surface area contributed by atoms with E-state index in [1.165, 1.54) is 36.4 Å². The molecule has 0 radical (unpaired) electrons. The zero-order valence-electron chi connectivity index (χ0n) is 13.7. The van der Waals surface area contributed by atoms with Gasteiger partial charge in [-0.05, 0) is 42.0 Å². The second kappa shape index (κ2) is 7.88. The van der Waals surface area contributed by atoms with Crippen LogP contribution in [0.15, 0.2) is 53.4 Å². The van der Waals surface area contributed by atoms with Gasteiger partial charge in [0, 0.05) is 6.54 Å². The zero-order valence-corrected chi connectivity index (χ0v) is 14.5. The van der Waals surface area contributed by atoms with Gasteiger partial charge < -0.3 is 4.74 Å². The highest BCUT2D eigenvalue weighted by Gasteiger charge is 2.30. The van der Waals surface area contributed by atoms with E-state index >= 15 is 0 Å². The van der Waals surface area contributed by atoms with Gasteiger partial charge in [0.2, 0.25) is 10.0 Å². The molecule has 9 heteroatoms. The number of hydrogen-bond acceptors (Lipinski definition) is 4. The first-order valence-electron chi connectivity index (χ1n) is 7.56. The molecule has 0 aromatic heterocycles. The van der Waals surface area contributed by atoms with Gasteiger partial charge in [-0.1, -0.05) is 19.1 Å². The molecule has 0 aliphatic carbocycles. The summed E-state index contributed by atoms with van der Waals surface area (Å²) in [5.74, 6) is -0.769. The van der Waals surface area contributed by atoms with Gasteiger partial charge in [0.1, 0.15) is 6.61 Å². The van der Waals surface area contributed by atoms with Crippen molar-refractivity contribution in [3.05, 3.63) is 65.2 Å². The molecule has 0 heterocycles. The number of halogens is 3. The minimum atomic E-state index is -4.48. The predicted octanol–water partition coefficient (Wildman–Crippen LogP) is 3.36. The number of ether oxygens (including phenoxy) is 1. The van der Waals surface area contributed by atoms with Crippen LogP contribution in [0.2, 0.25) is 0 Å². The summed E-state index contributed by atoms with van der Waals surface area (Å²) in [6, 6.07) is 9.52. The molecular formula is C17H16F3NO4S. The Hall–Kier alpha value is -2.39. The topological polar surface area (TPSA) is 72.5 Å². The summed E-state index contributed by atoms with van der Waals surface area (Å²) in [6.45, 7) is 1.53. The Bertz CT molecular complexity index is 878. The molecule has 2 aromatic carbocycles. The maximum absolute atomic E-state index is 12.7. The summed E-state index contributed by atoms with van der Waals surface area (Å²) in [5.41, 5.74) is -0.545. The van der Waals surface area contributed by atoms with Crippen molar-refractivity contribution < 1.29 is 31.1 Å². The Morgan fingerprint density at radius 3 is 2.35 bits per heavy atom. The van der Waals surface area contributed by atoms with Crippen molar-refractivity contribution in [3.8, 4) is 0 Å². The number of benzene rings is 2. The second-order valence-corrected chi connectivity index (χ2v) is 7.07. The molecule has 140 valence electrons. The first-order chi connectivity index (χ1) is 12.1. The van der Waals surface area contributed by atoms with Crippen LogP contribution < -0.4 is 4.72 Å². The fourth-order valence-electron chi connectivity index (χ4n) is 2.11. The summed E-state index contributed by atoms with van der Waals surface area (Å²) in [7, 11) is -3.64. The van der Waals surface area contributed by atoms with Gasteiger partial charge >= 0.3 is 12.1 Å². The zero-order chi connectivity index (χ0) is 19.4. The van der Waals surface area contributed by atoms with Crippen molar-refractivity contribution in [2.45, 2.75) is 24.6 Å². The van der Waals surface area contributed by atoms with E-state index in [4.69, 9.17) is 4.74 Å². The molecule has 26 heavy (non-hydrogen) atoms. The summed E-state index contributed by atoms with van der Waals surface area (Å²) in [5, 5.41) is 0. The highest BCUT2D eigenvalue weighted by Crippen LogP contribution is 2.29. The second-order valence-electron chi connectivity index (χ2n) is 5.30. The van der Waals surface area contributed by atoms with Crippen LogP contribution in [0, 0.1) is 0 Å². The summed E-state index contributed by atoms with van der Waals surface area (Å²) < 4.78 is 68.9. The van der Waals surface area contributed by atoms with E-state index in [1.54, 1.807) is 6.92 Å². The Balaban J connectivity index is 2.05. The third-order valence-corrected chi connectivity index (χ3v) is 4.92. The Morgan fingerprint density at radius 2 is 1.77 bits per heavy atom. The molecule has 5 nitrogen and oxygen atoms in total. The number of nitrogens with one attached hydrogen (secondary N) is 1. The van der Waals surface area contributed by atoms with Gasteiger partial charge in [-0.15, -0.1) is 0 Å². The van der Waals surface area contributed by atoms with Crippen molar-refractivity contribution in [3.63, 3.8) is 0 Å². The number of rotatable bonds is 6. The lowest BCUT2D eigenvalue weighted by atomic mass is 10.1. The van der Waals surface area contributed by atoms with E-state index in [0.29, 0.717) is 0 Å². The Labute approximate surface area is 148 Å². The molecule has 0 saturated heterocycles. The lowest BCUT2D eigenvalue weighted by molar-refractivity contribution is -0.137. The molecule has 2 rings (SSSR count). The average molecular weight is 387 g/mol. The van der Waals surface area contributed by atoms with E-state index in [1.807, 2.05) is 0 Å². The molecule has 0 unspecified atom stereocenters. The first kappa shape index (κ1) is 19.9. The van der Waals surface area contributed by atoms with Crippen LogP contribution in [0.1, 0.15) is 28.4 Å². The van der Waals surface area contributed by atoms with E-state index in [2.05, 4.69) is 4.72 Å². The van der Waals surface area contributed by atoms with Crippen LogP contribution in [-0.4, -0.2) is 20.9 Å². The lowest BCUT2D eigenvalue weighted by Crippen LogP contribution is -2.23. The van der Waals surface area contributed by atoms with Crippen LogP contribution >= 0.6 is 0 Å². The van der Waals surface area contributed by atoms with Crippen molar-refractivity contribution in [1.29, 1.82) is 0 Å². The van der Waals surface area contributed by atoms with Gasteiger partial charge in [0.25, 0.3) is 0 Å². The summed E-state index contributed by atoms with van der Waals surface area (Å²) in [6.07, 6.45) is -4.48. The van der Waals surface area contributed by atoms with Crippen LogP contribution in [0.3, 0.4) is 0 Å². The highest BCUT2D eigenvalue weighted by molar-refractivity contribution is 7.89. The fourth-order valence-corrected chi connectivity index (χ4v) is 3.15. The van der Waals surface area contributed by atoms with E-state index in [-0.39, 0.29) is 29.2 Å². The molecule has 1 N–H and O–H groups in total. The van der Waals surface area contributed by atoms with E-state index in [0.717, 1.165) is 12.1 Å². The van der Waals surface area contributed by atoms with Crippen LogP contribution in [-0.2, 0) is 27.5 Å². The summed E-state index contributed by atoms with van der Waals surface area (Å²) in [4.78, 5) is 12.0. The number of hydrogen-bond donors (Lipinski definition) is 1. The minimum Gasteiger partial charge on any atom is -0.457 e. The lowest BCUT2D eigenvalue weighted by Gasteiger charge is -2.10. The van der Waals surface area contributed by atoms with E-state index in [9.17, 15) is 26.4 Å². The van der Waals surface area contributed by atoms with Gasteiger partial charge in [-0.25, -0.2) is 17.9 Å². The van der Waals surface area contributed by atoms with E-state index < -0.39 is 27.7 Å². The quantitative estimate of drug-likeness (QED) is 0.772. The molecule has 0 spiro atoms. The predicted molar refractivity (Wildman–Crippen MR) is 87.9 cm³/mol. The molecule has 0 bridgehead atoms. The number of carbonyl (C=O) groups excluding carboxylic acids is 1. The molecule has 0 fully saturated rings. The molecule has 0 atom stereocenters. The first-order valence-corrected chi connectivity index (χ1v) is 9.05. The van der Waals surface area contributed by atoms with Crippen molar-refractivity contribution in [2.75, 3.05) is 6.54 Å². The maximum atomic E-state index is 12.7. The molecule has 0 aliphatic rings. The molecule has 0 aliphatic heterocycles. The Morgan fingerprint density at radius 1 is 1.12 bits per heavy atom. The molecule has 0 saturated carbocycles. The van der Waals surface area contributed by atoms with Crippen molar-refractivity contribution in [1.82, 2.24) is 4.72 Å². The van der Waals surface area contributed by atoms with Crippen molar-refractivity contribution in [2.24, 2.45) is 0 Å². The van der Waals surface area contributed by atoms with Gasteiger partial charge in [0.05, 0.1) is 16.0 Å². The number of carbonyl (C=O) groups is 1. The van der Waals surface area contributed by atoms with Gasteiger partial charge in [-0.2, -0.15) is 13.2 Å². The maximum Gasteiger partial charge on any atom is 0.416 e. The monoisotopic (exact) mass is 387 g/mol. The fraction of sp³-hybridized carbons (Fsp3) is 0.235. The normalized spacial score (nSPS) is 12.0. The number of alkyl halides is 3.